The molecule has 4 rings (SSSR count). The molecule has 0 saturated heterocycles. The molecule has 3 aromatic carbocycles. The van der Waals surface area contributed by atoms with Crippen LogP contribution in [0.3, 0.4) is 0 Å². The zero-order valence-electron chi connectivity index (χ0n) is 18.6. The van der Waals surface area contributed by atoms with Crippen molar-refractivity contribution in [1.82, 2.24) is 9.88 Å². The summed E-state index contributed by atoms with van der Waals surface area (Å²) in [5, 5.41) is 9.78. The molecule has 5 nitrogen and oxygen atoms in total. The Hall–Kier alpha value is -3.77. The standard InChI is InChI=1S/C27H25FN2O3/c1-3-33-26-7-5-4-6-22(26)18-8-10-19(11-9-18)25-14-20(16-30(2)17-27(31)32)23-15-21(28)12-13-24(23)29-25/h4-15H,3,16-17H2,1-2H3,(H,31,32). The van der Waals surface area contributed by atoms with E-state index >= 15 is 0 Å². The lowest BCUT2D eigenvalue weighted by atomic mass is 10.00. The van der Waals surface area contributed by atoms with Crippen molar-refractivity contribution in [3.05, 3.63) is 84.2 Å². The molecule has 1 aromatic heterocycles. The van der Waals surface area contributed by atoms with Gasteiger partial charge >= 0.3 is 5.97 Å². The van der Waals surface area contributed by atoms with Gasteiger partial charge in [0.2, 0.25) is 0 Å². The molecule has 168 valence electrons. The van der Waals surface area contributed by atoms with Gasteiger partial charge in [-0.25, -0.2) is 9.37 Å². The van der Waals surface area contributed by atoms with Gasteiger partial charge < -0.3 is 9.84 Å². The number of benzene rings is 3. The highest BCUT2D eigenvalue weighted by Crippen LogP contribution is 2.32. The van der Waals surface area contributed by atoms with Crippen molar-refractivity contribution in [3.8, 4) is 28.1 Å². The molecular formula is C27H25FN2O3. The maximum atomic E-state index is 13.9. The van der Waals surface area contributed by atoms with Gasteiger partial charge in [0.05, 0.1) is 24.4 Å². The van der Waals surface area contributed by atoms with Crippen LogP contribution in [0.2, 0.25) is 0 Å². The second kappa shape index (κ2) is 9.79. The molecule has 1 N–H and O–H groups in total. The maximum Gasteiger partial charge on any atom is 0.317 e. The summed E-state index contributed by atoms with van der Waals surface area (Å²) in [7, 11) is 1.73. The van der Waals surface area contributed by atoms with Gasteiger partial charge in [-0.1, -0.05) is 42.5 Å². The lowest BCUT2D eigenvalue weighted by Gasteiger charge is -2.17. The molecule has 6 heteroatoms. The van der Waals surface area contributed by atoms with Crippen LogP contribution in [-0.2, 0) is 11.3 Å². The topological polar surface area (TPSA) is 62.7 Å². The molecule has 0 radical (unpaired) electrons. The van der Waals surface area contributed by atoms with Crippen LogP contribution in [0, 0.1) is 5.82 Å². The molecular weight excluding hydrogens is 419 g/mol. The van der Waals surface area contributed by atoms with Gasteiger partial charge in [-0.05, 0) is 55.4 Å². The van der Waals surface area contributed by atoms with Crippen molar-refractivity contribution < 1.29 is 19.0 Å². The number of fused-ring (bicyclic) bond motifs is 1. The van der Waals surface area contributed by atoms with E-state index in [4.69, 9.17) is 14.8 Å². The summed E-state index contributed by atoms with van der Waals surface area (Å²) >= 11 is 0. The number of halogens is 1. The lowest BCUT2D eigenvalue weighted by molar-refractivity contribution is -0.138. The second-order valence-corrected chi connectivity index (χ2v) is 7.90. The third kappa shape index (κ3) is 5.18. The first-order valence-corrected chi connectivity index (χ1v) is 10.8. The molecule has 0 unspecified atom stereocenters. The third-order valence-electron chi connectivity index (χ3n) is 5.38. The summed E-state index contributed by atoms with van der Waals surface area (Å²) in [6, 6.07) is 22.4. The van der Waals surface area contributed by atoms with Gasteiger partial charge in [0.1, 0.15) is 11.6 Å². The minimum atomic E-state index is -0.912. The molecule has 1 heterocycles. The van der Waals surface area contributed by atoms with Gasteiger partial charge in [0.25, 0.3) is 0 Å². The Balaban J connectivity index is 1.72. The average molecular weight is 445 g/mol. The van der Waals surface area contributed by atoms with Crippen LogP contribution < -0.4 is 4.74 Å². The first-order valence-electron chi connectivity index (χ1n) is 10.8. The maximum absolute atomic E-state index is 13.9. The van der Waals surface area contributed by atoms with E-state index in [9.17, 15) is 9.18 Å². The Morgan fingerprint density at radius 1 is 1.03 bits per heavy atom. The fraction of sp³-hybridized carbons (Fsp3) is 0.185. The predicted octanol–water partition coefficient (Wildman–Crippen LogP) is 5.62. The van der Waals surface area contributed by atoms with Gasteiger partial charge in [0, 0.05) is 23.1 Å². The Labute approximate surface area is 192 Å². The summed E-state index contributed by atoms with van der Waals surface area (Å²) in [6.45, 7) is 2.81. The Kier molecular flexibility index (Phi) is 6.66. The highest BCUT2D eigenvalue weighted by Gasteiger charge is 2.13. The number of carbonyl (C=O) groups is 1. The van der Waals surface area contributed by atoms with Crippen LogP contribution in [0.15, 0.2) is 72.8 Å². The average Bonchev–Trinajstić information content (AvgIpc) is 2.79. The molecule has 4 aromatic rings. The van der Waals surface area contributed by atoms with Crippen LogP contribution in [0.25, 0.3) is 33.3 Å². The zero-order valence-corrected chi connectivity index (χ0v) is 18.6. The third-order valence-corrected chi connectivity index (χ3v) is 5.38. The van der Waals surface area contributed by atoms with E-state index in [2.05, 4.69) is 0 Å². The van der Waals surface area contributed by atoms with Gasteiger partial charge in [-0.2, -0.15) is 0 Å². The number of para-hydroxylation sites is 1. The van der Waals surface area contributed by atoms with E-state index < -0.39 is 5.97 Å². The second-order valence-electron chi connectivity index (χ2n) is 7.90. The smallest absolute Gasteiger partial charge is 0.317 e. The highest BCUT2D eigenvalue weighted by molar-refractivity contribution is 5.85. The molecule has 0 fully saturated rings. The van der Waals surface area contributed by atoms with E-state index in [0.29, 0.717) is 24.1 Å². The van der Waals surface area contributed by atoms with E-state index in [0.717, 1.165) is 33.7 Å². The number of likely N-dealkylation sites (N-methyl/N-ethyl adjacent to an activating group) is 1. The fourth-order valence-corrected chi connectivity index (χ4v) is 3.93. The van der Waals surface area contributed by atoms with E-state index in [1.54, 1.807) is 18.0 Å². The fourth-order valence-electron chi connectivity index (χ4n) is 3.93. The number of carboxylic acids is 1. The van der Waals surface area contributed by atoms with Gasteiger partial charge in [0.15, 0.2) is 0 Å². The molecule has 0 aliphatic heterocycles. The normalized spacial score (nSPS) is 11.2. The summed E-state index contributed by atoms with van der Waals surface area (Å²) in [5.74, 6) is -0.427. The molecule has 0 atom stereocenters. The number of aromatic nitrogens is 1. The van der Waals surface area contributed by atoms with Crippen LogP contribution in [0.4, 0.5) is 4.39 Å². The highest BCUT2D eigenvalue weighted by atomic mass is 19.1. The van der Waals surface area contributed by atoms with Crippen LogP contribution in [-0.4, -0.2) is 41.2 Å². The van der Waals surface area contributed by atoms with Crippen LogP contribution in [0.5, 0.6) is 5.75 Å². The van der Waals surface area contributed by atoms with Crippen molar-refractivity contribution in [2.75, 3.05) is 20.2 Å². The van der Waals surface area contributed by atoms with Crippen LogP contribution >= 0.6 is 0 Å². The number of ether oxygens (including phenoxy) is 1. The van der Waals surface area contributed by atoms with Gasteiger partial charge in [-0.15, -0.1) is 0 Å². The molecule has 0 aliphatic carbocycles. The van der Waals surface area contributed by atoms with Crippen LogP contribution in [0.1, 0.15) is 12.5 Å². The molecule has 0 amide bonds. The summed E-state index contributed by atoms with van der Waals surface area (Å²) in [6.07, 6.45) is 0. The monoisotopic (exact) mass is 444 g/mol. The van der Waals surface area contributed by atoms with Crippen molar-refractivity contribution in [2.24, 2.45) is 0 Å². The quantitative estimate of drug-likeness (QED) is 0.382. The molecule has 0 bridgehead atoms. The SMILES string of the molecule is CCOc1ccccc1-c1ccc(-c2cc(CN(C)CC(=O)O)c3cc(F)ccc3n2)cc1. The number of hydrogen-bond donors (Lipinski definition) is 1. The molecule has 33 heavy (non-hydrogen) atoms. The van der Waals surface area contributed by atoms with Crippen molar-refractivity contribution >= 4 is 16.9 Å². The van der Waals surface area contributed by atoms with E-state index in [1.165, 1.54) is 12.1 Å². The number of pyridine rings is 1. The first kappa shape index (κ1) is 22.4. The zero-order chi connectivity index (χ0) is 23.4. The first-order chi connectivity index (χ1) is 15.9. The Morgan fingerprint density at radius 2 is 1.76 bits per heavy atom. The van der Waals surface area contributed by atoms with Crippen molar-refractivity contribution in [1.29, 1.82) is 0 Å². The number of nitrogens with zero attached hydrogens (tertiary/aromatic N) is 2. The largest absolute Gasteiger partial charge is 0.493 e. The van der Waals surface area contributed by atoms with Crippen molar-refractivity contribution in [2.45, 2.75) is 13.5 Å². The molecule has 0 aliphatic rings. The number of carboxylic acid groups (broad SMARTS) is 1. The molecule has 0 saturated carbocycles. The minimum Gasteiger partial charge on any atom is -0.493 e. The van der Waals surface area contributed by atoms with E-state index in [-0.39, 0.29) is 12.4 Å². The van der Waals surface area contributed by atoms with Crippen molar-refractivity contribution in [3.63, 3.8) is 0 Å². The molecule has 0 spiro atoms. The Bertz CT molecular complexity index is 1290. The summed E-state index contributed by atoms with van der Waals surface area (Å²) in [5.41, 5.74) is 5.21. The number of hydrogen-bond acceptors (Lipinski definition) is 4. The Morgan fingerprint density at radius 3 is 2.48 bits per heavy atom. The minimum absolute atomic E-state index is 0.109. The summed E-state index contributed by atoms with van der Waals surface area (Å²) < 4.78 is 19.7. The summed E-state index contributed by atoms with van der Waals surface area (Å²) in [4.78, 5) is 17.5. The van der Waals surface area contributed by atoms with Gasteiger partial charge in [-0.3, -0.25) is 9.69 Å². The lowest BCUT2D eigenvalue weighted by Crippen LogP contribution is -2.25. The number of aliphatic carboxylic acids is 1. The van der Waals surface area contributed by atoms with E-state index in [1.807, 2.05) is 61.5 Å². The predicted molar refractivity (Wildman–Crippen MR) is 128 cm³/mol. The number of rotatable bonds is 8.